The van der Waals surface area contributed by atoms with Gasteiger partial charge in [0.15, 0.2) is 0 Å². The number of hydrogen-bond acceptors (Lipinski definition) is 3. The van der Waals surface area contributed by atoms with E-state index in [1.807, 2.05) is 24.0 Å². The quantitative estimate of drug-likeness (QED) is 0.927. The van der Waals surface area contributed by atoms with Gasteiger partial charge in [0, 0.05) is 18.0 Å². The number of likely N-dealkylation sites (tertiary alicyclic amines) is 1. The first-order valence-corrected chi connectivity index (χ1v) is 7.58. The Balaban J connectivity index is 0.00000180. The van der Waals surface area contributed by atoms with E-state index in [4.69, 9.17) is 0 Å². The van der Waals surface area contributed by atoms with Crippen LogP contribution in [0.1, 0.15) is 34.3 Å². The van der Waals surface area contributed by atoms with Crippen LogP contribution in [-0.4, -0.2) is 37.0 Å². The summed E-state index contributed by atoms with van der Waals surface area (Å²) in [5, 5.41) is 3.40. The summed E-state index contributed by atoms with van der Waals surface area (Å²) >= 11 is 1.60. The molecule has 1 aliphatic heterocycles. The van der Waals surface area contributed by atoms with Crippen LogP contribution < -0.4 is 5.32 Å². The number of nitrogens with one attached hydrogen (secondary N) is 1. The number of amides is 1. The summed E-state index contributed by atoms with van der Waals surface area (Å²) in [5.74, 6) is 0.953. The molecule has 1 aromatic heterocycles. The number of piperidine rings is 1. The van der Waals surface area contributed by atoms with E-state index < -0.39 is 0 Å². The van der Waals surface area contributed by atoms with Crippen LogP contribution in [0.25, 0.3) is 0 Å². The van der Waals surface area contributed by atoms with Gasteiger partial charge in [-0.15, -0.1) is 23.7 Å². The van der Waals surface area contributed by atoms with Gasteiger partial charge in [-0.25, -0.2) is 0 Å². The van der Waals surface area contributed by atoms with Crippen LogP contribution in [0.2, 0.25) is 0 Å². The topological polar surface area (TPSA) is 32.3 Å². The molecule has 1 saturated heterocycles. The molecule has 1 N–H and O–H groups in total. The molecule has 0 unspecified atom stereocenters. The smallest absolute Gasteiger partial charge is 0.263 e. The van der Waals surface area contributed by atoms with Gasteiger partial charge in [-0.05, 0) is 50.9 Å². The van der Waals surface area contributed by atoms with Crippen LogP contribution in [-0.2, 0) is 0 Å². The fourth-order valence-electron chi connectivity index (χ4n) is 2.39. The van der Waals surface area contributed by atoms with Gasteiger partial charge in [-0.1, -0.05) is 6.92 Å². The molecular weight excluding hydrogens is 280 g/mol. The maximum Gasteiger partial charge on any atom is 0.263 e. The summed E-state index contributed by atoms with van der Waals surface area (Å²) in [6, 6.07) is 3.98. The largest absolute Gasteiger partial charge is 0.338 e. The third-order valence-electron chi connectivity index (χ3n) is 3.54. The minimum absolute atomic E-state index is 0. The summed E-state index contributed by atoms with van der Waals surface area (Å²) in [7, 11) is 0. The zero-order chi connectivity index (χ0) is 13.0. The molecule has 3 nitrogen and oxygen atoms in total. The predicted molar refractivity (Wildman–Crippen MR) is 83.5 cm³/mol. The van der Waals surface area contributed by atoms with Crippen molar-refractivity contribution in [3.63, 3.8) is 0 Å². The average molecular weight is 303 g/mol. The van der Waals surface area contributed by atoms with Gasteiger partial charge in [0.1, 0.15) is 0 Å². The summed E-state index contributed by atoms with van der Waals surface area (Å²) in [6.45, 7) is 8.13. The molecule has 1 aromatic rings. The first kappa shape index (κ1) is 16.5. The molecule has 2 rings (SSSR count). The van der Waals surface area contributed by atoms with Gasteiger partial charge in [0.25, 0.3) is 5.91 Å². The number of aryl methyl sites for hydroxylation is 1. The Labute approximate surface area is 125 Å². The van der Waals surface area contributed by atoms with Crippen molar-refractivity contribution in [1.82, 2.24) is 10.2 Å². The summed E-state index contributed by atoms with van der Waals surface area (Å²) in [4.78, 5) is 16.4. The third-order valence-corrected chi connectivity index (χ3v) is 4.52. The Hall–Kier alpha value is -0.580. The summed E-state index contributed by atoms with van der Waals surface area (Å²) in [5.41, 5.74) is 0. The zero-order valence-electron chi connectivity index (χ0n) is 11.6. The monoisotopic (exact) mass is 302 g/mol. The van der Waals surface area contributed by atoms with Crippen molar-refractivity contribution in [2.45, 2.75) is 26.7 Å². The zero-order valence-corrected chi connectivity index (χ0v) is 13.3. The van der Waals surface area contributed by atoms with Crippen LogP contribution in [0.5, 0.6) is 0 Å². The van der Waals surface area contributed by atoms with Gasteiger partial charge < -0.3 is 10.2 Å². The highest BCUT2D eigenvalue weighted by Gasteiger charge is 2.23. The van der Waals surface area contributed by atoms with Crippen LogP contribution in [0.4, 0.5) is 0 Å². The number of rotatable bonds is 4. The molecule has 5 heteroatoms. The lowest BCUT2D eigenvalue weighted by atomic mass is 9.96. The molecule has 0 saturated carbocycles. The number of thiophene rings is 1. The lowest BCUT2D eigenvalue weighted by Gasteiger charge is -2.31. The molecule has 0 aliphatic carbocycles. The lowest BCUT2D eigenvalue weighted by molar-refractivity contribution is 0.0695. The molecule has 0 atom stereocenters. The molecule has 1 aliphatic rings. The van der Waals surface area contributed by atoms with Gasteiger partial charge >= 0.3 is 0 Å². The van der Waals surface area contributed by atoms with Crippen LogP contribution in [0, 0.1) is 12.8 Å². The minimum atomic E-state index is 0. The maximum absolute atomic E-state index is 12.3. The first-order valence-electron chi connectivity index (χ1n) is 6.77. The van der Waals surface area contributed by atoms with E-state index >= 15 is 0 Å². The summed E-state index contributed by atoms with van der Waals surface area (Å²) < 4.78 is 0. The number of nitrogens with zero attached hydrogens (tertiary/aromatic N) is 1. The second-order valence-corrected chi connectivity index (χ2v) is 6.24. The van der Waals surface area contributed by atoms with Crippen LogP contribution in [0.15, 0.2) is 12.1 Å². The normalized spacial score (nSPS) is 16.2. The number of hydrogen-bond donors (Lipinski definition) is 1. The molecule has 2 heterocycles. The van der Waals surface area contributed by atoms with Crippen molar-refractivity contribution >= 4 is 29.7 Å². The average Bonchev–Trinajstić information content (AvgIpc) is 2.83. The Morgan fingerprint density at radius 2 is 2.11 bits per heavy atom. The maximum atomic E-state index is 12.3. The molecule has 19 heavy (non-hydrogen) atoms. The fourth-order valence-corrected chi connectivity index (χ4v) is 3.23. The van der Waals surface area contributed by atoms with Crippen molar-refractivity contribution in [1.29, 1.82) is 0 Å². The lowest BCUT2D eigenvalue weighted by Crippen LogP contribution is -2.40. The van der Waals surface area contributed by atoms with Gasteiger partial charge in [-0.3, -0.25) is 4.79 Å². The van der Waals surface area contributed by atoms with Crippen LogP contribution in [0.3, 0.4) is 0 Å². The number of halogens is 1. The molecule has 0 aromatic carbocycles. The molecule has 1 fully saturated rings. The first-order chi connectivity index (χ1) is 8.70. The van der Waals surface area contributed by atoms with E-state index in [0.29, 0.717) is 0 Å². The van der Waals surface area contributed by atoms with Crippen molar-refractivity contribution in [3.05, 3.63) is 21.9 Å². The van der Waals surface area contributed by atoms with Crippen molar-refractivity contribution in [3.8, 4) is 0 Å². The Kier molecular flexibility index (Phi) is 6.83. The standard InChI is InChI=1S/C14H22N2OS.ClH/c1-3-15-10-12-6-8-16(9-7-12)14(17)13-5-4-11(2)18-13;/h4-5,12,15H,3,6-10H2,1-2H3;1H. The predicted octanol–water partition coefficient (Wildman–Crippen LogP) is 2.94. The van der Waals surface area contributed by atoms with Gasteiger partial charge in [0.05, 0.1) is 4.88 Å². The third kappa shape index (κ3) is 4.48. The van der Waals surface area contributed by atoms with Gasteiger partial charge in [-0.2, -0.15) is 0 Å². The second-order valence-electron chi connectivity index (χ2n) is 4.95. The Morgan fingerprint density at radius 1 is 1.42 bits per heavy atom. The molecule has 0 radical (unpaired) electrons. The molecule has 0 spiro atoms. The minimum Gasteiger partial charge on any atom is -0.338 e. The van der Waals surface area contributed by atoms with Crippen molar-refractivity contribution in [2.24, 2.45) is 5.92 Å². The SMILES string of the molecule is CCNCC1CCN(C(=O)c2ccc(C)s2)CC1.Cl. The summed E-state index contributed by atoms with van der Waals surface area (Å²) in [6.07, 6.45) is 2.26. The molecule has 1 amide bonds. The molecule has 0 bridgehead atoms. The van der Waals surface area contributed by atoms with E-state index in [1.54, 1.807) is 11.3 Å². The van der Waals surface area contributed by atoms with E-state index in [-0.39, 0.29) is 18.3 Å². The highest BCUT2D eigenvalue weighted by atomic mass is 35.5. The van der Waals surface area contributed by atoms with E-state index in [2.05, 4.69) is 12.2 Å². The van der Waals surface area contributed by atoms with Gasteiger partial charge in [0.2, 0.25) is 0 Å². The van der Waals surface area contributed by atoms with Crippen molar-refractivity contribution < 1.29 is 4.79 Å². The second kappa shape index (κ2) is 7.88. The van der Waals surface area contributed by atoms with E-state index in [1.165, 1.54) is 4.88 Å². The molecular formula is C14H23ClN2OS. The molecule has 108 valence electrons. The number of carbonyl (C=O) groups is 1. The number of carbonyl (C=O) groups excluding carboxylic acids is 1. The fraction of sp³-hybridized carbons (Fsp3) is 0.643. The Bertz CT molecular complexity index is 400. The highest BCUT2D eigenvalue weighted by molar-refractivity contribution is 7.13. The van der Waals surface area contributed by atoms with Crippen molar-refractivity contribution in [2.75, 3.05) is 26.2 Å². The van der Waals surface area contributed by atoms with Crippen LogP contribution >= 0.6 is 23.7 Å². The highest BCUT2D eigenvalue weighted by Crippen LogP contribution is 2.22. The Morgan fingerprint density at radius 3 is 2.63 bits per heavy atom. The van der Waals surface area contributed by atoms with E-state index in [0.717, 1.165) is 49.8 Å². The van der Waals surface area contributed by atoms with E-state index in [9.17, 15) is 4.79 Å².